The molecular formula is C21H27FN6O. The van der Waals surface area contributed by atoms with Crippen LogP contribution in [0.3, 0.4) is 0 Å². The summed E-state index contributed by atoms with van der Waals surface area (Å²) in [5.41, 5.74) is 8.88. The highest BCUT2D eigenvalue weighted by molar-refractivity contribution is 5.94. The molecule has 4 rings (SSSR count). The Labute approximate surface area is 169 Å². The number of fused-ring (bicyclic) bond motifs is 1. The topological polar surface area (TPSA) is 96.2 Å². The molecule has 2 aliphatic rings. The van der Waals surface area contributed by atoms with E-state index in [4.69, 9.17) is 5.73 Å². The Morgan fingerprint density at radius 3 is 2.90 bits per heavy atom. The van der Waals surface area contributed by atoms with E-state index in [1.807, 2.05) is 23.1 Å². The van der Waals surface area contributed by atoms with Gasteiger partial charge in [0.05, 0.1) is 6.20 Å². The first-order chi connectivity index (χ1) is 14.0. The van der Waals surface area contributed by atoms with E-state index in [1.165, 1.54) is 6.20 Å². The zero-order chi connectivity index (χ0) is 20.4. The number of amides is 1. The number of carbonyl (C=O) groups is 1. The number of benzene rings is 1. The summed E-state index contributed by atoms with van der Waals surface area (Å²) in [5, 5.41) is 6.02. The maximum absolute atomic E-state index is 14.4. The first kappa shape index (κ1) is 19.6. The third kappa shape index (κ3) is 4.32. The SMILES string of the molecule is CCC(N)C1CCN(c2nc(Nc3ccc4c(c3)CCC(=O)N4)ncc2F)CC1. The summed E-state index contributed by atoms with van der Waals surface area (Å²) in [6.07, 6.45) is 5.24. The van der Waals surface area contributed by atoms with Gasteiger partial charge in [0.15, 0.2) is 11.6 Å². The number of nitrogens with zero attached hydrogens (tertiary/aromatic N) is 3. The molecule has 0 radical (unpaired) electrons. The Kier molecular flexibility index (Phi) is 5.62. The molecule has 0 bridgehead atoms. The van der Waals surface area contributed by atoms with Crippen LogP contribution in [0.25, 0.3) is 0 Å². The molecule has 2 aromatic rings. The fraction of sp³-hybridized carbons (Fsp3) is 0.476. The summed E-state index contributed by atoms with van der Waals surface area (Å²) >= 11 is 0. The van der Waals surface area contributed by atoms with Crippen molar-refractivity contribution >= 4 is 29.0 Å². The van der Waals surface area contributed by atoms with Crippen molar-refractivity contribution in [2.75, 3.05) is 28.6 Å². The summed E-state index contributed by atoms with van der Waals surface area (Å²) in [6.45, 7) is 3.59. The zero-order valence-electron chi connectivity index (χ0n) is 16.6. The normalized spacial score (nSPS) is 18.2. The molecule has 29 heavy (non-hydrogen) atoms. The zero-order valence-corrected chi connectivity index (χ0v) is 16.6. The molecule has 3 heterocycles. The monoisotopic (exact) mass is 398 g/mol. The van der Waals surface area contributed by atoms with Gasteiger partial charge in [-0.3, -0.25) is 4.79 Å². The number of nitrogens with one attached hydrogen (secondary N) is 2. The van der Waals surface area contributed by atoms with E-state index in [1.54, 1.807) is 0 Å². The summed E-state index contributed by atoms with van der Waals surface area (Å²) in [7, 11) is 0. The van der Waals surface area contributed by atoms with Gasteiger partial charge in [0, 0.05) is 36.9 Å². The van der Waals surface area contributed by atoms with Crippen molar-refractivity contribution in [3.63, 3.8) is 0 Å². The maximum atomic E-state index is 14.4. The predicted molar refractivity (Wildman–Crippen MR) is 112 cm³/mol. The van der Waals surface area contributed by atoms with E-state index in [0.29, 0.717) is 30.5 Å². The van der Waals surface area contributed by atoms with Gasteiger partial charge in [-0.25, -0.2) is 9.37 Å². The number of hydrogen-bond donors (Lipinski definition) is 3. The Morgan fingerprint density at radius 2 is 2.14 bits per heavy atom. The molecule has 7 nitrogen and oxygen atoms in total. The molecule has 1 aromatic heterocycles. The molecule has 1 aromatic carbocycles. The highest BCUT2D eigenvalue weighted by atomic mass is 19.1. The molecule has 1 saturated heterocycles. The van der Waals surface area contributed by atoms with Gasteiger partial charge in [-0.15, -0.1) is 0 Å². The standard InChI is InChI=1S/C21H27FN6O/c1-2-17(23)13-7-9-28(10-8-13)20-16(22)12-24-21(27-20)25-15-4-5-18-14(11-15)3-6-19(29)26-18/h4-5,11-13,17H,2-3,6-10,23H2,1H3,(H,26,29)(H,24,25,27). The van der Waals surface area contributed by atoms with Crippen LogP contribution in [0.5, 0.6) is 0 Å². The van der Waals surface area contributed by atoms with Gasteiger partial charge < -0.3 is 21.3 Å². The number of hydrogen-bond acceptors (Lipinski definition) is 6. The van der Waals surface area contributed by atoms with Gasteiger partial charge >= 0.3 is 0 Å². The third-order valence-electron chi connectivity index (χ3n) is 5.90. The fourth-order valence-corrected chi connectivity index (χ4v) is 4.10. The van der Waals surface area contributed by atoms with Gasteiger partial charge in [-0.2, -0.15) is 4.98 Å². The molecule has 0 aliphatic carbocycles. The molecule has 0 saturated carbocycles. The average Bonchev–Trinajstić information content (AvgIpc) is 2.75. The molecule has 8 heteroatoms. The Morgan fingerprint density at radius 1 is 1.34 bits per heavy atom. The van der Waals surface area contributed by atoms with E-state index in [2.05, 4.69) is 27.5 Å². The minimum Gasteiger partial charge on any atom is -0.354 e. The summed E-state index contributed by atoms with van der Waals surface area (Å²) in [6, 6.07) is 5.90. The van der Waals surface area contributed by atoms with Crippen LogP contribution in [0.2, 0.25) is 0 Å². The quantitative estimate of drug-likeness (QED) is 0.716. The summed E-state index contributed by atoms with van der Waals surface area (Å²) in [4.78, 5) is 22.0. The van der Waals surface area contributed by atoms with Crippen molar-refractivity contribution < 1.29 is 9.18 Å². The van der Waals surface area contributed by atoms with Crippen LogP contribution in [0.15, 0.2) is 24.4 Å². The highest BCUT2D eigenvalue weighted by Gasteiger charge is 2.26. The van der Waals surface area contributed by atoms with Crippen LogP contribution in [-0.2, 0) is 11.2 Å². The van der Waals surface area contributed by atoms with E-state index < -0.39 is 5.82 Å². The number of carbonyl (C=O) groups excluding carboxylic acids is 1. The lowest BCUT2D eigenvalue weighted by Gasteiger charge is -2.35. The van der Waals surface area contributed by atoms with Crippen molar-refractivity contribution in [2.24, 2.45) is 11.7 Å². The number of piperidine rings is 1. The van der Waals surface area contributed by atoms with Gasteiger partial charge in [-0.05, 0) is 55.4 Å². The number of aromatic nitrogens is 2. The number of aryl methyl sites for hydroxylation is 1. The van der Waals surface area contributed by atoms with Crippen molar-refractivity contribution in [3.8, 4) is 0 Å². The van der Waals surface area contributed by atoms with Crippen LogP contribution < -0.4 is 21.3 Å². The van der Waals surface area contributed by atoms with E-state index in [0.717, 1.165) is 49.3 Å². The van der Waals surface area contributed by atoms with Gasteiger partial charge in [0.1, 0.15) is 0 Å². The Balaban J connectivity index is 1.47. The van der Waals surface area contributed by atoms with Crippen molar-refractivity contribution in [1.82, 2.24) is 9.97 Å². The molecule has 0 spiro atoms. The third-order valence-corrected chi connectivity index (χ3v) is 5.90. The van der Waals surface area contributed by atoms with Crippen molar-refractivity contribution in [1.29, 1.82) is 0 Å². The summed E-state index contributed by atoms with van der Waals surface area (Å²) < 4.78 is 14.4. The van der Waals surface area contributed by atoms with Crippen molar-refractivity contribution in [3.05, 3.63) is 35.8 Å². The Bertz CT molecular complexity index is 897. The van der Waals surface area contributed by atoms with Gasteiger partial charge in [0.2, 0.25) is 11.9 Å². The minimum atomic E-state index is -0.415. The van der Waals surface area contributed by atoms with Crippen LogP contribution in [0, 0.1) is 11.7 Å². The largest absolute Gasteiger partial charge is 0.354 e. The number of rotatable bonds is 5. The second kappa shape index (κ2) is 8.32. The highest BCUT2D eigenvalue weighted by Crippen LogP contribution is 2.29. The fourth-order valence-electron chi connectivity index (χ4n) is 4.10. The smallest absolute Gasteiger partial charge is 0.229 e. The molecule has 1 atom stereocenters. The first-order valence-corrected chi connectivity index (χ1v) is 10.3. The maximum Gasteiger partial charge on any atom is 0.229 e. The van der Waals surface area contributed by atoms with Gasteiger partial charge in [0.25, 0.3) is 0 Å². The second-order valence-corrected chi connectivity index (χ2v) is 7.81. The lowest BCUT2D eigenvalue weighted by atomic mass is 9.88. The molecular weight excluding hydrogens is 371 g/mol. The number of anilines is 4. The van der Waals surface area contributed by atoms with Crippen LogP contribution in [0.1, 0.15) is 38.2 Å². The number of nitrogens with two attached hydrogens (primary N) is 1. The first-order valence-electron chi connectivity index (χ1n) is 10.3. The predicted octanol–water partition coefficient (Wildman–Crippen LogP) is 3.20. The molecule has 1 fully saturated rings. The lowest BCUT2D eigenvalue weighted by molar-refractivity contribution is -0.116. The second-order valence-electron chi connectivity index (χ2n) is 7.81. The molecule has 154 valence electrons. The minimum absolute atomic E-state index is 0.0355. The Hall–Kier alpha value is -2.74. The molecule has 4 N–H and O–H groups in total. The van der Waals surface area contributed by atoms with E-state index in [9.17, 15) is 9.18 Å². The molecule has 1 amide bonds. The molecule has 2 aliphatic heterocycles. The summed E-state index contributed by atoms with van der Waals surface area (Å²) in [5.74, 6) is 0.787. The van der Waals surface area contributed by atoms with Crippen LogP contribution in [0.4, 0.5) is 27.5 Å². The van der Waals surface area contributed by atoms with E-state index in [-0.39, 0.29) is 11.9 Å². The van der Waals surface area contributed by atoms with Gasteiger partial charge in [-0.1, -0.05) is 6.92 Å². The average molecular weight is 398 g/mol. The van der Waals surface area contributed by atoms with Crippen LogP contribution >= 0.6 is 0 Å². The van der Waals surface area contributed by atoms with E-state index >= 15 is 0 Å². The number of halogens is 1. The molecule has 1 unspecified atom stereocenters. The van der Waals surface area contributed by atoms with Crippen molar-refractivity contribution in [2.45, 2.75) is 45.1 Å². The van der Waals surface area contributed by atoms with Crippen LogP contribution in [-0.4, -0.2) is 35.0 Å². The lowest BCUT2D eigenvalue weighted by Crippen LogP contribution is -2.41.